The first-order chi connectivity index (χ1) is 8.38. The van der Waals surface area contributed by atoms with Crippen LogP contribution in [0.25, 0.3) is 0 Å². The van der Waals surface area contributed by atoms with Crippen molar-refractivity contribution in [1.29, 1.82) is 0 Å². The SMILES string of the molecule is C#CCCCOc1ccc(S(N)(=O)=O)c(Cl)c1Cl. The Labute approximate surface area is 116 Å². The molecule has 2 N–H and O–H groups in total. The molecule has 0 saturated heterocycles. The average molecular weight is 308 g/mol. The molecule has 0 aliphatic heterocycles. The van der Waals surface area contributed by atoms with Crippen LogP contribution in [0.4, 0.5) is 0 Å². The van der Waals surface area contributed by atoms with Crippen LogP contribution in [0.1, 0.15) is 12.8 Å². The molecule has 0 aromatic heterocycles. The minimum atomic E-state index is -3.90. The summed E-state index contributed by atoms with van der Waals surface area (Å²) >= 11 is 11.7. The van der Waals surface area contributed by atoms with Crippen LogP contribution in [0, 0.1) is 12.3 Å². The van der Waals surface area contributed by atoms with Gasteiger partial charge in [0, 0.05) is 6.42 Å². The van der Waals surface area contributed by atoms with Gasteiger partial charge in [0.2, 0.25) is 10.0 Å². The van der Waals surface area contributed by atoms with Crippen molar-refractivity contribution in [3.05, 3.63) is 22.2 Å². The lowest BCUT2D eigenvalue weighted by atomic mass is 10.3. The van der Waals surface area contributed by atoms with Gasteiger partial charge in [-0.3, -0.25) is 0 Å². The molecule has 18 heavy (non-hydrogen) atoms. The van der Waals surface area contributed by atoms with Crippen LogP contribution in [-0.2, 0) is 10.0 Å². The summed E-state index contributed by atoms with van der Waals surface area (Å²) in [6.07, 6.45) is 6.35. The van der Waals surface area contributed by atoms with Crippen LogP contribution in [0.2, 0.25) is 10.0 Å². The Balaban J connectivity index is 2.92. The van der Waals surface area contributed by atoms with Crippen molar-refractivity contribution in [2.24, 2.45) is 5.14 Å². The second-order valence-electron chi connectivity index (χ2n) is 3.39. The van der Waals surface area contributed by atoms with Gasteiger partial charge in [-0.15, -0.1) is 12.3 Å². The maximum Gasteiger partial charge on any atom is 0.239 e. The van der Waals surface area contributed by atoms with Crippen molar-refractivity contribution in [2.45, 2.75) is 17.7 Å². The predicted octanol–water partition coefficient (Wildman–Crippen LogP) is 2.43. The molecule has 0 radical (unpaired) electrons. The van der Waals surface area contributed by atoms with Gasteiger partial charge in [0.15, 0.2) is 0 Å². The van der Waals surface area contributed by atoms with E-state index in [0.29, 0.717) is 25.2 Å². The zero-order chi connectivity index (χ0) is 13.8. The molecule has 0 amide bonds. The van der Waals surface area contributed by atoms with E-state index in [1.807, 2.05) is 0 Å². The van der Waals surface area contributed by atoms with Crippen molar-refractivity contribution >= 4 is 33.2 Å². The molecule has 1 rings (SSSR count). The Morgan fingerprint density at radius 3 is 2.56 bits per heavy atom. The fourth-order valence-corrected chi connectivity index (χ4v) is 2.57. The van der Waals surface area contributed by atoms with E-state index in [-0.39, 0.29) is 14.9 Å². The van der Waals surface area contributed by atoms with E-state index >= 15 is 0 Å². The quantitative estimate of drug-likeness (QED) is 0.671. The summed E-state index contributed by atoms with van der Waals surface area (Å²) in [5.74, 6) is 2.77. The summed E-state index contributed by atoms with van der Waals surface area (Å²) in [5, 5.41) is 4.86. The largest absolute Gasteiger partial charge is 0.492 e. The van der Waals surface area contributed by atoms with Crippen LogP contribution < -0.4 is 9.88 Å². The zero-order valence-corrected chi connectivity index (χ0v) is 11.6. The molecule has 0 unspecified atom stereocenters. The first kappa shape index (κ1) is 15.1. The highest BCUT2D eigenvalue weighted by Crippen LogP contribution is 2.36. The number of halogens is 2. The second-order valence-corrected chi connectivity index (χ2v) is 5.68. The summed E-state index contributed by atoms with van der Waals surface area (Å²) in [6.45, 7) is 0.370. The molecule has 1 aromatic carbocycles. The fraction of sp³-hybridized carbons (Fsp3) is 0.273. The van der Waals surface area contributed by atoms with Crippen LogP contribution in [-0.4, -0.2) is 15.0 Å². The molecule has 0 bridgehead atoms. The predicted molar refractivity (Wildman–Crippen MR) is 71.4 cm³/mol. The Morgan fingerprint density at radius 2 is 2.00 bits per heavy atom. The summed E-state index contributed by atoms with van der Waals surface area (Å²) in [7, 11) is -3.90. The van der Waals surface area contributed by atoms with E-state index in [1.165, 1.54) is 12.1 Å². The van der Waals surface area contributed by atoms with Gasteiger partial charge >= 0.3 is 0 Å². The van der Waals surface area contributed by atoms with Crippen molar-refractivity contribution in [3.63, 3.8) is 0 Å². The molecular weight excluding hydrogens is 297 g/mol. The third-order valence-corrected chi connectivity index (χ3v) is 3.97. The lowest BCUT2D eigenvalue weighted by Gasteiger charge is -2.10. The van der Waals surface area contributed by atoms with Crippen molar-refractivity contribution in [1.82, 2.24) is 0 Å². The minimum Gasteiger partial charge on any atom is -0.492 e. The maximum absolute atomic E-state index is 11.2. The van der Waals surface area contributed by atoms with E-state index < -0.39 is 10.0 Å². The van der Waals surface area contributed by atoms with Gasteiger partial charge in [0.05, 0.1) is 11.6 Å². The highest BCUT2D eigenvalue weighted by atomic mass is 35.5. The summed E-state index contributed by atoms with van der Waals surface area (Å²) in [5.41, 5.74) is 0. The molecule has 0 aliphatic rings. The third kappa shape index (κ3) is 3.79. The minimum absolute atomic E-state index is 0.0175. The molecule has 0 atom stereocenters. The zero-order valence-electron chi connectivity index (χ0n) is 9.32. The monoisotopic (exact) mass is 307 g/mol. The number of rotatable bonds is 5. The number of sulfonamides is 1. The molecule has 0 heterocycles. The van der Waals surface area contributed by atoms with Gasteiger partial charge in [0.25, 0.3) is 0 Å². The van der Waals surface area contributed by atoms with Gasteiger partial charge in [-0.1, -0.05) is 23.2 Å². The topological polar surface area (TPSA) is 69.4 Å². The number of unbranched alkanes of at least 4 members (excludes halogenated alkanes) is 1. The number of hydrogen-bond donors (Lipinski definition) is 1. The first-order valence-electron chi connectivity index (χ1n) is 4.95. The smallest absolute Gasteiger partial charge is 0.239 e. The molecular formula is C11H11Cl2NO3S. The van der Waals surface area contributed by atoms with E-state index in [1.54, 1.807) is 0 Å². The van der Waals surface area contributed by atoms with E-state index in [2.05, 4.69) is 5.92 Å². The van der Waals surface area contributed by atoms with Crippen molar-refractivity contribution < 1.29 is 13.2 Å². The van der Waals surface area contributed by atoms with Gasteiger partial charge in [0.1, 0.15) is 15.7 Å². The Morgan fingerprint density at radius 1 is 1.33 bits per heavy atom. The van der Waals surface area contributed by atoms with Crippen molar-refractivity contribution in [2.75, 3.05) is 6.61 Å². The molecule has 0 aliphatic carbocycles. The van der Waals surface area contributed by atoms with Gasteiger partial charge in [-0.05, 0) is 18.6 Å². The number of hydrogen-bond acceptors (Lipinski definition) is 3. The summed E-state index contributed by atoms with van der Waals surface area (Å²) in [4.78, 5) is -0.231. The standard InChI is InChI=1S/C11H11Cl2NO3S/c1-2-3-4-7-17-8-5-6-9(18(14,15)16)11(13)10(8)12/h1,5-6H,3-4,7H2,(H2,14,15,16). The number of terminal acetylenes is 1. The van der Waals surface area contributed by atoms with Crippen LogP contribution >= 0.6 is 23.2 Å². The summed E-state index contributed by atoms with van der Waals surface area (Å²) in [6, 6.07) is 2.66. The molecule has 1 aromatic rings. The Hall–Kier alpha value is -0.930. The summed E-state index contributed by atoms with van der Waals surface area (Å²) < 4.78 is 27.7. The van der Waals surface area contributed by atoms with E-state index in [9.17, 15) is 8.42 Å². The normalized spacial score (nSPS) is 11.0. The second kappa shape index (κ2) is 6.30. The first-order valence-corrected chi connectivity index (χ1v) is 7.25. The average Bonchev–Trinajstić information content (AvgIpc) is 2.28. The number of ether oxygens (including phenoxy) is 1. The molecule has 4 nitrogen and oxygen atoms in total. The lowest BCUT2D eigenvalue weighted by molar-refractivity contribution is 0.313. The van der Waals surface area contributed by atoms with E-state index in [0.717, 1.165) is 0 Å². The van der Waals surface area contributed by atoms with Crippen LogP contribution in [0.5, 0.6) is 5.75 Å². The van der Waals surface area contributed by atoms with Gasteiger partial charge < -0.3 is 4.74 Å². The molecule has 98 valence electrons. The highest BCUT2D eigenvalue weighted by Gasteiger charge is 2.18. The molecule has 7 heteroatoms. The van der Waals surface area contributed by atoms with Crippen LogP contribution in [0.3, 0.4) is 0 Å². The van der Waals surface area contributed by atoms with Gasteiger partial charge in [-0.25, -0.2) is 13.6 Å². The number of primary sulfonamides is 1. The molecule has 0 spiro atoms. The highest BCUT2D eigenvalue weighted by molar-refractivity contribution is 7.89. The van der Waals surface area contributed by atoms with Crippen molar-refractivity contribution in [3.8, 4) is 18.1 Å². The number of benzene rings is 1. The number of nitrogens with two attached hydrogens (primary N) is 1. The maximum atomic E-state index is 11.2. The fourth-order valence-electron chi connectivity index (χ4n) is 1.20. The molecule has 0 saturated carbocycles. The Bertz CT molecular complexity index is 579. The molecule has 0 fully saturated rings. The Kier molecular flexibility index (Phi) is 5.29. The lowest BCUT2D eigenvalue weighted by Crippen LogP contribution is -2.13. The van der Waals surface area contributed by atoms with Crippen LogP contribution in [0.15, 0.2) is 17.0 Å². The third-order valence-electron chi connectivity index (χ3n) is 2.04. The van der Waals surface area contributed by atoms with E-state index in [4.69, 9.17) is 39.5 Å². The van der Waals surface area contributed by atoms with Gasteiger partial charge in [-0.2, -0.15) is 0 Å².